The molecule has 4 fully saturated rings. The molecule has 6 heteroatoms. The fourth-order valence-electron chi connectivity index (χ4n) is 6.63. The van der Waals surface area contributed by atoms with Gasteiger partial charge in [-0.1, -0.05) is 36.4 Å². The van der Waals surface area contributed by atoms with Gasteiger partial charge in [-0.3, -0.25) is 9.59 Å². The van der Waals surface area contributed by atoms with Gasteiger partial charge in [-0.15, -0.1) is 0 Å². The largest absolute Gasteiger partial charge is 0.368 e. The van der Waals surface area contributed by atoms with Crippen LogP contribution in [-0.2, 0) is 31.9 Å². The van der Waals surface area contributed by atoms with Crippen molar-refractivity contribution < 1.29 is 14.3 Å². The average Bonchev–Trinajstić information content (AvgIpc) is 3.85. The Morgan fingerprint density at radius 1 is 0.861 bits per heavy atom. The summed E-state index contributed by atoms with van der Waals surface area (Å²) in [6, 6.07) is 17.1. The first-order valence-corrected chi connectivity index (χ1v) is 13.7. The Balaban J connectivity index is 1.00. The highest BCUT2D eigenvalue weighted by molar-refractivity contribution is 5.91. The van der Waals surface area contributed by atoms with Crippen molar-refractivity contribution >= 4 is 17.5 Å². The van der Waals surface area contributed by atoms with E-state index in [1.165, 1.54) is 29.7 Å². The third kappa shape index (κ3) is 3.73. The third-order valence-electron chi connectivity index (χ3n) is 9.27. The average molecular weight is 486 g/mol. The van der Waals surface area contributed by atoms with Crippen LogP contribution in [0.5, 0.6) is 0 Å². The molecule has 3 aliphatic heterocycles. The smallest absolute Gasteiger partial charge is 0.233 e. The Hall–Kier alpha value is -2.86. The molecule has 0 N–H and O–H groups in total. The Morgan fingerprint density at radius 2 is 1.61 bits per heavy atom. The molecule has 1 atom stereocenters. The first kappa shape index (κ1) is 22.3. The maximum Gasteiger partial charge on any atom is 0.233 e. The van der Waals surface area contributed by atoms with Crippen molar-refractivity contribution in [3.8, 4) is 0 Å². The molecule has 2 aromatic carbocycles. The summed E-state index contributed by atoms with van der Waals surface area (Å²) in [6.07, 6.45) is 5.91. The normalized spacial score (nSPS) is 26.4. The molecule has 2 saturated carbocycles. The molecule has 36 heavy (non-hydrogen) atoms. The van der Waals surface area contributed by atoms with Crippen LogP contribution in [0.1, 0.15) is 55.2 Å². The number of ether oxygens (including phenoxy) is 1. The van der Waals surface area contributed by atoms with Crippen molar-refractivity contribution in [3.05, 3.63) is 65.2 Å². The van der Waals surface area contributed by atoms with E-state index < -0.39 is 0 Å². The highest BCUT2D eigenvalue weighted by Gasteiger charge is 2.56. The molecule has 3 heterocycles. The summed E-state index contributed by atoms with van der Waals surface area (Å²) in [5.74, 6) is 1.24. The highest BCUT2D eigenvalue weighted by atomic mass is 16.5. The molecule has 2 aliphatic carbocycles. The van der Waals surface area contributed by atoms with E-state index in [-0.39, 0.29) is 16.9 Å². The lowest BCUT2D eigenvalue weighted by Crippen LogP contribution is -2.48. The van der Waals surface area contributed by atoms with Crippen LogP contribution in [0.25, 0.3) is 0 Å². The van der Waals surface area contributed by atoms with Crippen LogP contribution in [0, 0.1) is 5.92 Å². The van der Waals surface area contributed by atoms with Gasteiger partial charge in [-0.2, -0.15) is 0 Å². The van der Waals surface area contributed by atoms with Gasteiger partial charge in [0.05, 0.1) is 18.6 Å². The Labute approximate surface area is 213 Å². The van der Waals surface area contributed by atoms with Crippen LogP contribution in [-0.4, -0.2) is 60.9 Å². The summed E-state index contributed by atoms with van der Waals surface area (Å²) in [5, 5.41) is 0. The molecule has 0 radical (unpaired) electrons. The zero-order valence-electron chi connectivity index (χ0n) is 21.0. The SMILES string of the molecule is O=C(CC1CC1)N1CCN(c2ccc(C3(C(=O)N4CC[C@@]5(C4)OCc4ccccc45)CC3)cc2)CC1. The van der Waals surface area contributed by atoms with Crippen LogP contribution < -0.4 is 4.90 Å². The van der Waals surface area contributed by atoms with Crippen LogP contribution in [0.4, 0.5) is 5.69 Å². The molecule has 1 spiro atoms. The second-order valence-electron chi connectivity index (χ2n) is 11.6. The first-order chi connectivity index (χ1) is 17.6. The number of carbonyl (C=O) groups excluding carboxylic acids is 2. The number of likely N-dealkylation sites (tertiary alicyclic amines) is 1. The van der Waals surface area contributed by atoms with Crippen LogP contribution in [0.2, 0.25) is 0 Å². The van der Waals surface area contributed by atoms with Gasteiger partial charge >= 0.3 is 0 Å². The van der Waals surface area contributed by atoms with Crippen molar-refractivity contribution in [2.75, 3.05) is 44.2 Å². The summed E-state index contributed by atoms with van der Waals surface area (Å²) < 4.78 is 6.29. The second kappa shape index (κ2) is 8.34. The summed E-state index contributed by atoms with van der Waals surface area (Å²) in [5.41, 5.74) is 4.17. The minimum Gasteiger partial charge on any atom is -0.368 e. The van der Waals surface area contributed by atoms with Gasteiger partial charge in [0.2, 0.25) is 11.8 Å². The molecule has 2 aromatic rings. The number of carbonyl (C=O) groups is 2. The van der Waals surface area contributed by atoms with E-state index in [0.717, 1.165) is 64.0 Å². The minimum absolute atomic E-state index is 0.267. The molecular weight excluding hydrogens is 450 g/mol. The molecule has 0 aromatic heterocycles. The number of fused-ring (bicyclic) bond motifs is 2. The minimum atomic E-state index is -0.365. The summed E-state index contributed by atoms with van der Waals surface area (Å²) in [6.45, 7) is 5.42. The summed E-state index contributed by atoms with van der Waals surface area (Å²) >= 11 is 0. The predicted molar refractivity (Wildman–Crippen MR) is 138 cm³/mol. The monoisotopic (exact) mass is 485 g/mol. The number of anilines is 1. The third-order valence-corrected chi connectivity index (χ3v) is 9.27. The number of rotatable bonds is 5. The van der Waals surface area contributed by atoms with E-state index >= 15 is 0 Å². The molecule has 5 aliphatic rings. The molecule has 0 unspecified atom stereocenters. The van der Waals surface area contributed by atoms with E-state index in [1.54, 1.807) is 0 Å². The van der Waals surface area contributed by atoms with E-state index in [1.807, 2.05) is 4.90 Å². The van der Waals surface area contributed by atoms with Gasteiger partial charge in [-0.25, -0.2) is 0 Å². The van der Waals surface area contributed by atoms with Gasteiger partial charge < -0.3 is 19.4 Å². The lowest BCUT2D eigenvalue weighted by molar-refractivity contribution is -0.134. The number of amides is 2. The number of hydrogen-bond donors (Lipinski definition) is 0. The molecule has 2 saturated heterocycles. The zero-order chi connectivity index (χ0) is 24.3. The van der Waals surface area contributed by atoms with Crippen molar-refractivity contribution in [1.82, 2.24) is 9.80 Å². The number of hydrogen-bond acceptors (Lipinski definition) is 4. The molecule has 7 rings (SSSR count). The van der Waals surface area contributed by atoms with Gasteiger partial charge in [0, 0.05) is 44.8 Å². The standard InChI is InChI=1S/C30H35N3O3/c34-27(19-22-5-6-22)32-17-15-31(16-18-32)25-9-7-24(8-10-25)29(11-12-29)28(35)33-14-13-30(21-33)26-4-2-1-3-23(26)20-36-30/h1-4,7-10,22H,5-6,11-21H2/t30-/m0/s1. The Kier molecular flexibility index (Phi) is 5.18. The molecule has 2 amide bonds. The molecule has 0 bridgehead atoms. The number of benzene rings is 2. The van der Waals surface area contributed by atoms with E-state index in [2.05, 4.69) is 58.3 Å². The van der Waals surface area contributed by atoms with Crippen molar-refractivity contribution in [2.24, 2.45) is 5.92 Å². The predicted octanol–water partition coefficient (Wildman–Crippen LogP) is 3.82. The van der Waals surface area contributed by atoms with Crippen molar-refractivity contribution in [2.45, 2.75) is 56.1 Å². The summed E-state index contributed by atoms with van der Waals surface area (Å²) in [7, 11) is 0. The van der Waals surface area contributed by atoms with Gasteiger partial charge in [0.25, 0.3) is 0 Å². The first-order valence-electron chi connectivity index (χ1n) is 13.7. The number of piperazine rings is 1. The van der Waals surface area contributed by atoms with Crippen molar-refractivity contribution in [1.29, 1.82) is 0 Å². The van der Waals surface area contributed by atoms with E-state index in [0.29, 0.717) is 25.0 Å². The fraction of sp³-hybridized carbons (Fsp3) is 0.533. The quantitative estimate of drug-likeness (QED) is 0.646. The topological polar surface area (TPSA) is 53.1 Å². The fourth-order valence-corrected chi connectivity index (χ4v) is 6.63. The molecular formula is C30H35N3O3. The van der Waals surface area contributed by atoms with E-state index in [9.17, 15) is 9.59 Å². The zero-order valence-corrected chi connectivity index (χ0v) is 21.0. The highest BCUT2D eigenvalue weighted by Crippen LogP contribution is 2.52. The lowest BCUT2D eigenvalue weighted by Gasteiger charge is -2.36. The number of nitrogens with zero attached hydrogens (tertiary/aromatic N) is 3. The van der Waals surface area contributed by atoms with Crippen molar-refractivity contribution in [3.63, 3.8) is 0 Å². The molecule has 188 valence electrons. The Morgan fingerprint density at radius 3 is 2.33 bits per heavy atom. The summed E-state index contributed by atoms with van der Waals surface area (Å²) in [4.78, 5) is 32.7. The maximum absolute atomic E-state index is 13.8. The lowest BCUT2D eigenvalue weighted by atomic mass is 9.91. The van der Waals surface area contributed by atoms with E-state index in [4.69, 9.17) is 4.74 Å². The van der Waals surface area contributed by atoms with Crippen LogP contribution in [0.3, 0.4) is 0 Å². The van der Waals surface area contributed by atoms with Crippen LogP contribution >= 0.6 is 0 Å². The van der Waals surface area contributed by atoms with Crippen LogP contribution in [0.15, 0.2) is 48.5 Å². The molecule has 6 nitrogen and oxygen atoms in total. The second-order valence-corrected chi connectivity index (χ2v) is 11.6. The van der Waals surface area contributed by atoms with Gasteiger partial charge in [0.1, 0.15) is 5.60 Å². The van der Waals surface area contributed by atoms with Gasteiger partial charge in [0.15, 0.2) is 0 Å². The van der Waals surface area contributed by atoms with Gasteiger partial charge in [-0.05, 0) is 66.8 Å². The Bertz CT molecular complexity index is 1180. The maximum atomic E-state index is 13.8.